The number of furan rings is 1. The minimum absolute atomic E-state index is 0.0931. The Bertz CT molecular complexity index is 618. The molecule has 0 saturated carbocycles. The van der Waals surface area contributed by atoms with Crippen molar-refractivity contribution in [3.8, 4) is 0 Å². The topological polar surface area (TPSA) is 63.3 Å². The Kier molecular flexibility index (Phi) is 4.29. The second-order valence-corrected chi connectivity index (χ2v) is 6.17. The highest BCUT2D eigenvalue weighted by atomic mass is 16.3. The van der Waals surface area contributed by atoms with Gasteiger partial charge in [0.1, 0.15) is 0 Å². The summed E-state index contributed by atoms with van der Waals surface area (Å²) in [6.45, 7) is 6.87. The number of amides is 1. The molecule has 2 aromatic rings. The van der Waals surface area contributed by atoms with Crippen LogP contribution in [0.4, 0.5) is 0 Å². The van der Waals surface area contributed by atoms with E-state index in [0.29, 0.717) is 13.1 Å². The maximum atomic E-state index is 12.4. The molecule has 2 aromatic heterocycles. The zero-order valence-corrected chi connectivity index (χ0v) is 13.0. The van der Waals surface area contributed by atoms with E-state index in [4.69, 9.17) is 4.42 Å². The summed E-state index contributed by atoms with van der Waals surface area (Å²) in [6, 6.07) is 4.13. The summed E-state index contributed by atoms with van der Waals surface area (Å²) in [4.78, 5) is 14.7. The summed E-state index contributed by atoms with van der Waals surface area (Å²) in [5, 5.41) is 7.37. The van der Waals surface area contributed by atoms with Gasteiger partial charge in [-0.25, -0.2) is 0 Å². The van der Waals surface area contributed by atoms with Crippen molar-refractivity contribution in [3.63, 3.8) is 0 Å². The van der Waals surface area contributed by atoms with Crippen molar-refractivity contribution in [2.45, 2.75) is 39.5 Å². The minimum atomic E-state index is -0.101. The fourth-order valence-electron chi connectivity index (χ4n) is 2.86. The quantitative estimate of drug-likeness (QED) is 0.932. The second kappa shape index (κ2) is 6.36. The third kappa shape index (κ3) is 3.39. The largest absolute Gasteiger partial charge is 0.472 e. The van der Waals surface area contributed by atoms with Gasteiger partial charge in [0.05, 0.1) is 30.7 Å². The lowest BCUT2D eigenvalue weighted by atomic mass is 10.1. The molecule has 1 amide bonds. The zero-order valence-electron chi connectivity index (χ0n) is 13.0. The highest BCUT2D eigenvalue weighted by Gasteiger charge is 2.27. The van der Waals surface area contributed by atoms with Crippen LogP contribution in [0.5, 0.6) is 0 Å². The summed E-state index contributed by atoms with van der Waals surface area (Å²) in [6.07, 6.45) is 5.24. The van der Waals surface area contributed by atoms with Crippen molar-refractivity contribution in [1.29, 1.82) is 0 Å². The minimum Gasteiger partial charge on any atom is -0.472 e. The molecule has 0 saturated heterocycles. The number of carbonyl (C=O) groups excluding carboxylic acids is 1. The van der Waals surface area contributed by atoms with Gasteiger partial charge < -0.3 is 9.73 Å². The van der Waals surface area contributed by atoms with E-state index in [0.717, 1.165) is 24.3 Å². The maximum absolute atomic E-state index is 12.4. The third-order valence-electron chi connectivity index (χ3n) is 3.85. The number of hydrogen-bond acceptors (Lipinski definition) is 4. The van der Waals surface area contributed by atoms with Gasteiger partial charge in [-0.15, -0.1) is 0 Å². The monoisotopic (exact) mass is 302 g/mol. The van der Waals surface area contributed by atoms with Crippen LogP contribution in [0.25, 0.3) is 0 Å². The standard InChI is InChI=1S/C16H22N4O2/c1-12(2)18-16(21)14-8-19(7-13-4-6-22-11-13)10-15-3-5-17-20(15)9-14/h3-6,11-12,14H,7-10H2,1-2H3,(H,18,21). The van der Waals surface area contributed by atoms with Gasteiger partial charge >= 0.3 is 0 Å². The molecule has 6 nitrogen and oxygen atoms in total. The highest BCUT2D eigenvalue weighted by Crippen LogP contribution is 2.18. The van der Waals surface area contributed by atoms with E-state index in [2.05, 4.69) is 15.3 Å². The van der Waals surface area contributed by atoms with Gasteiger partial charge in [0, 0.05) is 37.4 Å². The molecular weight excluding hydrogens is 280 g/mol. The van der Waals surface area contributed by atoms with Crippen LogP contribution in [0.3, 0.4) is 0 Å². The maximum Gasteiger partial charge on any atom is 0.226 e. The van der Waals surface area contributed by atoms with Crippen molar-refractivity contribution >= 4 is 5.91 Å². The number of aromatic nitrogens is 2. The Morgan fingerprint density at radius 3 is 3.05 bits per heavy atom. The first-order valence-electron chi connectivity index (χ1n) is 7.66. The molecule has 0 aliphatic carbocycles. The Morgan fingerprint density at radius 2 is 2.32 bits per heavy atom. The first-order chi connectivity index (χ1) is 10.6. The summed E-state index contributed by atoms with van der Waals surface area (Å²) in [7, 11) is 0. The van der Waals surface area contributed by atoms with E-state index in [1.807, 2.05) is 30.7 Å². The van der Waals surface area contributed by atoms with Crippen LogP contribution < -0.4 is 5.32 Å². The van der Waals surface area contributed by atoms with Crippen LogP contribution in [-0.4, -0.2) is 33.2 Å². The average Bonchev–Trinajstić information content (AvgIpc) is 3.07. The Morgan fingerprint density at radius 1 is 1.45 bits per heavy atom. The number of hydrogen-bond donors (Lipinski definition) is 1. The van der Waals surface area contributed by atoms with Gasteiger partial charge in [-0.2, -0.15) is 5.10 Å². The van der Waals surface area contributed by atoms with E-state index in [1.165, 1.54) is 0 Å². The Hall–Kier alpha value is -2.08. The van der Waals surface area contributed by atoms with Gasteiger partial charge in [0.25, 0.3) is 0 Å². The van der Waals surface area contributed by atoms with Gasteiger partial charge in [0.2, 0.25) is 5.91 Å². The van der Waals surface area contributed by atoms with Crippen LogP contribution in [0.1, 0.15) is 25.1 Å². The van der Waals surface area contributed by atoms with Gasteiger partial charge in [0.15, 0.2) is 0 Å². The van der Waals surface area contributed by atoms with Gasteiger partial charge in [-0.1, -0.05) is 0 Å². The average molecular weight is 302 g/mol. The van der Waals surface area contributed by atoms with Crippen molar-refractivity contribution in [2.75, 3.05) is 6.54 Å². The Labute approximate surface area is 130 Å². The first kappa shape index (κ1) is 14.8. The molecule has 22 heavy (non-hydrogen) atoms. The van der Waals surface area contributed by atoms with E-state index in [9.17, 15) is 4.79 Å². The molecule has 1 atom stereocenters. The molecule has 0 radical (unpaired) electrons. The van der Waals surface area contributed by atoms with E-state index in [1.54, 1.807) is 18.7 Å². The summed E-state index contributed by atoms with van der Waals surface area (Å²) < 4.78 is 7.09. The number of nitrogens with zero attached hydrogens (tertiary/aromatic N) is 3. The van der Waals surface area contributed by atoms with Gasteiger partial charge in [-0.05, 0) is 26.0 Å². The van der Waals surface area contributed by atoms with Crippen LogP contribution in [0.15, 0.2) is 35.3 Å². The lowest BCUT2D eigenvalue weighted by Gasteiger charge is -2.23. The Balaban J connectivity index is 1.78. The SMILES string of the molecule is CC(C)NC(=O)C1CN(Cc2ccoc2)Cc2ccnn2C1. The van der Waals surface area contributed by atoms with Crippen LogP contribution in [0.2, 0.25) is 0 Å². The van der Waals surface area contributed by atoms with Crippen molar-refractivity contribution in [1.82, 2.24) is 20.0 Å². The molecule has 0 aromatic carbocycles. The van der Waals surface area contributed by atoms with Crippen LogP contribution in [-0.2, 0) is 24.4 Å². The van der Waals surface area contributed by atoms with Crippen molar-refractivity contribution < 1.29 is 9.21 Å². The molecule has 3 rings (SSSR count). The summed E-state index contributed by atoms with van der Waals surface area (Å²) in [5.41, 5.74) is 2.26. The molecule has 0 bridgehead atoms. The van der Waals surface area contributed by atoms with Crippen molar-refractivity contribution in [3.05, 3.63) is 42.1 Å². The van der Waals surface area contributed by atoms with Crippen molar-refractivity contribution in [2.24, 2.45) is 5.92 Å². The molecule has 1 unspecified atom stereocenters. The number of rotatable bonds is 4. The summed E-state index contributed by atoms with van der Waals surface area (Å²) in [5.74, 6) is -0.00834. The predicted octanol–water partition coefficient (Wildman–Crippen LogP) is 1.63. The zero-order chi connectivity index (χ0) is 15.5. The van der Waals surface area contributed by atoms with E-state index in [-0.39, 0.29) is 17.9 Å². The second-order valence-electron chi connectivity index (χ2n) is 6.17. The molecule has 1 N–H and O–H groups in total. The normalized spacial score (nSPS) is 19.0. The lowest BCUT2D eigenvalue weighted by Crippen LogP contribution is -2.41. The fraction of sp³-hybridized carbons (Fsp3) is 0.500. The molecule has 0 spiro atoms. The molecule has 118 valence electrons. The van der Waals surface area contributed by atoms with E-state index < -0.39 is 0 Å². The fourth-order valence-corrected chi connectivity index (χ4v) is 2.86. The van der Waals surface area contributed by atoms with Crippen LogP contribution in [0, 0.1) is 5.92 Å². The third-order valence-corrected chi connectivity index (χ3v) is 3.85. The number of carbonyl (C=O) groups is 1. The molecule has 6 heteroatoms. The summed E-state index contributed by atoms with van der Waals surface area (Å²) >= 11 is 0. The number of nitrogens with one attached hydrogen (secondary N) is 1. The highest BCUT2D eigenvalue weighted by molar-refractivity contribution is 5.79. The molecule has 0 fully saturated rings. The van der Waals surface area contributed by atoms with Crippen LogP contribution >= 0.6 is 0 Å². The smallest absolute Gasteiger partial charge is 0.226 e. The molecule has 3 heterocycles. The predicted molar refractivity (Wildman–Crippen MR) is 81.8 cm³/mol. The number of fused-ring (bicyclic) bond motifs is 1. The molecule has 1 aliphatic heterocycles. The molecular formula is C16H22N4O2. The lowest BCUT2D eigenvalue weighted by molar-refractivity contribution is -0.126. The molecule has 1 aliphatic rings. The van der Waals surface area contributed by atoms with Gasteiger partial charge in [-0.3, -0.25) is 14.4 Å². The first-order valence-corrected chi connectivity index (χ1v) is 7.66. The van der Waals surface area contributed by atoms with E-state index >= 15 is 0 Å².